The van der Waals surface area contributed by atoms with Crippen LogP contribution < -0.4 is 0 Å². The summed E-state index contributed by atoms with van der Waals surface area (Å²) in [4.78, 5) is 25.0. The van der Waals surface area contributed by atoms with Gasteiger partial charge in [-0.1, -0.05) is 0 Å². The van der Waals surface area contributed by atoms with Crippen LogP contribution in [0.1, 0.15) is 47.0 Å². The van der Waals surface area contributed by atoms with Crippen molar-refractivity contribution in [3.05, 3.63) is 11.8 Å². The molecule has 0 bridgehead atoms. The van der Waals surface area contributed by atoms with E-state index in [1.165, 1.54) is 0 Å². The van der Waals surface area contributed by atoms with Gasteiger partial charge in [-0.3, -0.25) is 0 Å². The molecule has 35 heavy (non-hydrogen) atoms. The van der Waals surface area contributed by atoms with Gasteiger partial charge in [-0.15, -0.1) is 0 Å². The molecule has 0 radical (unpaired) electrons. The number of carbonyl (C=O) groups excluding carboxylic acids is 2. The van der Waals surface area contributed by atoms with Gasteiger partial charge in [0.15, 0.2) is 27.2 Å². The molecule has 202 valence electrons. The summed E-state index contributed by atoms with van der Waals surface area (Å²) in [6.45, 7) is 5.54. The fourth-order valence-corrected chi connectivity index (χ4v) is 4.49. The second-order valence-electron chi connectivity index (χ2n) is 8.51. The third kappa shape index (κ3) is 11.1. The Morgan fingerprint density at radius 2 is 1.51 bits per heavy atom. The molecule has 1 fully saturated rings. The predicted octanol–water partition coefficient (Wildman–Crippen LogP) is 4.13. The number of hydrogen-bond acceptors (Lipinski definition) is 13. The zero-order valence-electron chi connectivity index (χ0n) is 20.8. The normalized spacial score (nSPS) is 20.4. The van der Waals surface area contributed by atoms with E-state index in [0.29, 0.717) is 18.1 Å². The molecule has 1 saturated heterocycles. The third-order valence-corrected chi connectivity index (χ3v) is 6.32. The molecule has 0 amide bonds. The largest absolute Gasteiger partial charge is 0.534 e. The zero-order valence-corrected chi connectivity index (χ0v) is 21.7. The van der Waals surface area contributed by atoms with Gasteiger partial charge in [0.25, 0.3) is 0 Å². The highest BCUT2D eigenvalue weighted by molar-refractivity contribution is 7.48. The van der Waals surface area contributed by atoms with E-state index in [1.807, 2.05) is 13.1 Å². The lowest BCUT2D eigenvalue weighted by molar-refractivity contribution is -0.114. The van der Waals surface area contributed by atoms with Gasteiger partial charge >= 0.3 is 20.1 Å². The Hall–Kier alpha value is -1.89. The second kappa shape index (κ2) is 14.6. The summed E-state index contributed by atoms with van der Waals surface area (Å²) in [5, 5.41) is 0. The minimum absolute atomic E-state index is 0.275. The van der Waals surface area contributed by atoms with Crippen LogP contribution in [0.25, 0.3) is 0 Å². The molecule has 0 aromatic rings. The molecule has 2 atom stereocenters. The molecule has 2 aliphatic rings. The summed E-state index contributed by atoms with van der Waals surface area (Å²) in [7, 11) is -2.16. The number of nitrogens with zero attached hydrogens (tertiary/aromatic N) is 1. The molecule has 2 rings (SSSR count). The average molecular weight is 525 g/mol. The molecule has 0 aromatic carbocycles. The molecule has 1 heterocycles. The van der Waals surface area contributed by atoms with E-state index >= 15 is 0 Å². The summed E-state index contributed by atoms with van der Waals surface area (Å²) >= 11 is 0. The van der Waals surface area contributed by atoms with Crippen LogP contribution in [0, 0.1) is 5.92 Å². The maximum Gasteiger partial charge on any atom is 0.534 e. The Bertz CT molecular complexity index is 723. The maximum absolute atomic E-state index is 13.2. The Labute approximate surface area is 205 Å². The average Bonchev–Trinajstić information content (AvgIpc) is 3.12. The highest BCUT2D eigenvalue weighted by Crippen LogP contribution is 2.53. The lowest BCUT2D eigenvalue weighted by Gasteiger charge is -2.30. The summed E-state index contributed by atoms with van der Waals surface area (Å²) in [6, 6.07) is 0.275. The van der Waals surface area contributed by atoms with Crippen LogP contribution in [0.3, 0.4) is 0 Å². The van der Waals surface area contributed by atoms with E-state index in [2.05, 4.69) is 4.90 Å². The summed E-state index contributed by atoms with van der Waals surface area (Å²) in [5.41, 5.74) is 0. The lowest BCUT2D eigenvalue weighted by atomic mass is 9.89. The van der Waals surface area contributed by atoms with Crippen molar-refractivity contribution >= 4 is 20.1 Å². The smallest absolute Gasteiger partial charge is 0.432 e. The van der Waals surface area contributed by atoms with Crippen molar-refractivity contribution in [1.82, 2.24) is 4.90 Å². The maximum atomic E-state index is 13.2. The fraction of sp³-hybridized carbons (Fsp3) is 0.810. The number of carbonyl (C=O) groups is 2. The number of fused-ring (bicyclic) bond motifs is 1. The molecule has 1 aliphatic carbocycles. The Morgan fingerprint density at radius 3 is 2.03 bits per heavy atom. The van der Waals surface area contributed by atoms with Crippen LogP contribution in [-0.2, 0) is 46.6 Å². The number of rotatable bonds is 14. The SMILES string of the molecule is CC(C)OC(=O)OCOCOP(=O)(OCOCOC(=O)OC(C)C)OC1=CCC2CCN(C)C2C1. The van der Waals surface area contributed by atoms with Crippen LogP contribution >= 0.6 is 7.82 Å². The minimum Gasteiger partial charge on any atom is -0.432 e. The van der Waals surface area contributed by atoms with Crippen molar-refractivity contribution in [3.63, 3.8) is 0 Å². The van der Waals surface area contributed by atoms with E-state index in [1.54, 1.807) is 27.7 Å². The van der Waals surface area contributed by atoms with Gasteiger partial charge in [0, 0.05) is 12.5 Å². The van der Waals surface area contributed by atoms with Gasteiger partial charge in [-0.25, -0.2) is 23.2 Å². The number of hydrogen-bond donors (Lipinski definition) is 0. The van der Waals surface area contributed by atoms with Crippen LogP contribution in [0.15, 0.2) is 11.8 Å². The monoisotopic (exact) mass is 525 g/mol. The summed E-state index contributed by atoms with van der Waals surface area (Å²) in [5.74, 6) is 0.989. The van der Waals surface area contributed by atoms with Crippen molar-refractivity contribution in [3.8, 4) is 0 Å². The topological polar surface area (TPSA) is 138 Å². The van der Waals surface area contributed by atoms with Crippen LogP contribution in [0.5, 0.6) is 0 Å². The van der Waals surface area contributed by atoms with E-state index in [4.69, 9.17) is 42.0 Å². The minimum atomic E-state index is -4.20. The van der Waals surface area contributed by atoms with E-state index in [-0.39, 0.29) is 18.2 Å². The number of phosphoric ester groups is 1. The quantitative estimate of drug-likeness (QED) is 0.139. The van der Waals surface area contributed by atoms with E-state index in [0.717, 1.165) is 19.4 Å². The first kappa shape index (κ1) is 29.3. The van der Waals surface area contributed by atoms with Crippen molar-refractivity contribution in [2.75, 3.05) is 40.8 Å². The van der Waals surface area contributed by atoms with E-state index in [9.17, 15) is 14.2 Å². The second-order valence-corrected chi connectivity index (χ2v) is 10.1. The Morgan fingerprint density at radius 1 is 0.971 bits per heavy atom. The molecule has 14 heteroatoms. The number of phosphoric acid groups is 1. The van der Waals surface area contributed by atoms with Crippen LogP contribution in [0.2, 0.25) is 0 Å². The van der Waals surface area contributed by atoms with Crippen LogP contribution in [-0.4, -0.2) is 76.2 Å². The number of ether oxygens (including phenoxy) is 6. The summed E-state index contributed by atoms with van der Waals surface area (Å²) in [6.07, 6.45) is 1.78. The van der Waals surface area contributed by atoms with Gasteiger partial charge in [0.2, 0.25) is 0 Å². The van der Waals surface area contributed by atoms with Crippen molar-refractivity contribution < 1.29 is 56.1 Å². The molecule has 0 spiro atoms. The lowest BCUT2D eigenvalue weighted by Crippen LogP contribution is -2.31. The predicted molar refractivity (Wildman–Crippen MR) is 120 cm³/mol. The van der Waals surface area contributed by atoms with Gasteiger partial charge < -0.3 is 37.8 Å². The van der Waals surface area contributed by atoms with Crippen LogP contribution in [0.4, 0.5) is 9.59 Å². The van der Waals surface area contributed by atoms with Gasteiger partial charge in [-0.2, -0.15) is 0 Å². The number of likely N-dealkylation sites (tertiary alicyclic amines) is 1. The highest BCUT2D eigenvalue weighted by atomic mass is 31.2. The molecule has 0 aromatic heterocycles. The van der Waals surface area contributed by atoms with Gasteiger partial charge in [0.1, 0.15) is 5.76 Å². The Kier molecular flexibility index (Phi) is 12.3. The van der Waals surface area contributed by atoms with Crippen molar-refractivity contribution in [2.45, 2.75) is 65.2 Å². The highest BCUT2D eigenvalue weighted by Gasteiger charge is 2.38. The van der Waals surface area contributed by atoms with E-state index < -0.39 is 47.3 Å². The third-order valence-electron chi connectivity index (χ3n) is 5.02. The molecule has 0 N–H and O–H groups in total. The molecular formula is C21H36NO12P. The first-order valence-electron chi connectivity index (χ1n) is 11.4. The first-order valence-corrected chi connectivity index (χ1v) is 12.8. The zero-order chi connectivity index (χ0) is 25.8. The fourth-order valence-electron chi connectivity index (χ4n) is 3.47. The first-order chi connectivity index (χ1) is 16.6. The number of allylic oxidation sites excluding steroid dienone is 1. The standard InChI is InChI=1S/C21H36NO12P/c1-15(2)32-20(23)28-11-26-13-30-35(25,31-14-27-12-29-21(24)33-16(3)4)34-18-7-6-17-8-9-22(5)19(17)10-18/h7,15-17,19H,6,8-14H2,1-5H3. The van der Waals surface area contributed by atoms with Gasteiger partial charge in [-0.05, 0) is 66.1 Å². The van der Waals surface area contributed by atoms with Gasteiger partial charge in [0.05, 0.1) is 12.2 Å². The molecule has 1 aliphatic heterocycles. The van der Waals surface area contributed by atoms with Crippen molar-refractivity contribution in [2.24, 2.45) is 5.92 Å². The molecule has 0 saturated carbocycles. The Balaban J connectivity index is 1.83. The summed E-state index contributed by atoms with van der Waals surface area (Å²) < 4.78 is 58.3. The van der Waals surface area contributed by atoms with Crippen molar-refractivity contribution in [1.29, 1.82) is 0 Å². The molecule has 2 unspecified atom stereocenters. The molecule has 13 nitrogen and oxygen atoms in total. The molecular weight excluding hydrogens is 489 g/mol.